The van der Waals surface area contributed by atoms with Crippen molar-refractivity contribution in [3.63, 3.8) is 0 Å². The number of halogens is 1. The summed E-state index contributed by atoms with van der Waals surface area (Å²) in [5.74, 6) is -0.798. The van der Waals surface area contributed by atoms with Gasteiger partial charge in [0.05, 0.1) is 29.7 Å². The van der Waals surface area contributed by atoms with Crippen molar-refractivity contribution in [3.8, 4) is 0 Å². The van der Waals surface area contributed by atoms with Crippen LogP contribution in [-0.4, -0.2) is 43.9 Å². The molecular formula is C41H42FN3O5Si. The number of para-hydroxylation sites is 2. The van der Waals surface area contributed by atoms with Gasteiger partial charge < -0.3 is 18.9 Å². The SMILES string of the molecule is C[C@H]1[C@H]([Si](C)(C)F)[C@@H](CCO)O[C@]12C(=O)N(Cc1ccc(N3C(=O)CCc4ccccc43)cc1)c1ccc(N3C(=O)CCc4ccccc43)cc12. The number of anilines is 5. The largest absolute Gasteiger partial charge is 0.396 e. The molecule has 51 heavy (non-hydrogen) atoms. The molecule has 1 saturated heterocycles. The van der Waals surface area contributed by atoms with Gasteiger partial charge in [0, 0.05) is 47.8 Å². The highest BCUT2D eigenvalue weighted by Crippen LogP contribution is 2.61. The normalized spacial score (nSPS) is 24.3. The molecule has 3 amide bonds. The summed E-state index contributed by atoms with van der Waals surface area (Å²) < 4.78 is 23.0. The first-order chi connectivity index (χ1) is 24.5. The Morgan fingerprint density at radius 2 is 1.35 bits per heavy atom. The fourth-order valence-electron chi connectivity index (χ4n) is 9.08. The number of fused-ring (bicyclic) bond motifs is 4. The number of carbonyl (C=O) groups excluding carboxylic acids is 3. The number of hydrogen-bond donors (Lipinski definition) is 1. The van der Waals surface area contributed by atoms with E-state index in [1.165, 1.54) is 0 Å². The Morgan fingerprint density at radius 3 is 1.94 bits per heavy atom. The van der Waals surface area contributed by atoms with Crippen LogP contribution in [0.2, 0.25) is 18.6 Å². The third kappa shape index (κ3) is 5.34. The Balaban J connectivity index is 1.20. The lowest BCUT2D eigenvalue weighted by Crippen LogP contribution is -2.45. The van der Waals surface area contributed by atoms with Gasteiger partial charge >= 0.3 is 0 Å². The van der Waals surface area contributed by atoms with Crippen LogP contribution in [0.1, 0.15) is 48.4 Å². The zero-order valence-corrected chi connectivity index (χ0v) is 30.1. The van der Waals surface area contributed by atoms with Gasteiger partial charge in [-0.15, -0.1) is 0 Å². The Labute approximate surface area is 298 Å². The molecule has 4 aromatic carbocycles. The molecule has 4 aliphatic heterocycles. The Bertz CT molecular complexity index is 2050. The summed E-state index contributed by atoms with van der Waals surface area (Å²) >= 11 is 0. The van der Waals surface area contributed by atoms with Crippen LogP contribution in [0.4, 0.5) is 32.5 Å². The summed E-state index contributed by atoms with van der Waals surface area (Å²) in [5, 5.41) is 10.0. The van der Waals surface area contributed by atoms with E-state index in [-0.39, 0.29) is 37.3 Å². The molecule has 0 aromatic heterocycles. The molecule has 262 valence electrons. The second-order valence-electron chi connectivity index (χ2n) is 14.8. The predicted molar refractivity (Wildman–Crippen MR) is 198 cm³/mol. The van der Waals surface area contributed by atoms with E-state index in [0.29, 0.717) is 42.6 Å². The molecule has 0 radical (unpaired) electrons. The second-order valence-corrected chi connectivity index (χ2v) is 18.6. The lowest BCUT2D eigenvalue weighted by molar-refractivity contribution is -0.146. The van der Waals surface area contributed by atoms with Crippen LogP contribution in [-0.2, 0) is 44.1 Å². The zero-order chi connectivity index (χ0) is 35.7. The molecule has 4 aromatic rings. The fourth-order valence-corrected chi connectivity index (χ4v) is 11.6. The molecule has 1 N–H and O–H groups in total. The van der Waals surface area contributed by atoms with E-state index in [4.69, 9.17) is 4.74 Å². The zero-order valence-electron chi connectivity index (χ0n) is 29.1. The molecule has 10 heteroatoms. The van der Waals surface area contributed by atoms with Crippen molar-refractivity contribution in [1.82, 2.24) is 0 Å². The summed E-state index contributed by atoms with van der Waals surface area (Å²) in [6.07, 6.45) is 1.75. The molecule has 0 bridgehead atoms. The van der Waals surface area contributed by atoms with Crippen molar-refractivity contribution in [2.45, 2.75) is 75.9 Å². The summed E-state index contributed by atoms with van der Waals surface area (Å²) in [4.78, 5) is 46.7. The number of carbonyl (C=O) groups is 3. The maximum absolute atomic E-state index is 16.2. The van der Waals surface area contributed by atoms with Gasteiger partial charge in [-0.05, 0) is 91.5 Å². The van der Waals surface area contributed by atoms with Gasteiger partial charge in [-0.25, -0.2) is 0 Å². The van der Waals surface area contributed by atoms with Crippen molar-refractivity contribution in [3.05, 3.63) is 113 Å². The van der Waals surface area contributed by atoms with E-state index in [9.17, 15) is 19.5 Å². The molecule has 1 fully saturated rings. The van der Waals surface area contributed by atoms with Crippen LogP contribution in [0.3, 0.4) is 0 Å². The number of aliphatic hydroxyl groups excluding tert-OH is 1. The van der Waals surface area contributed by atoms with Gasteiger partial charge in [-0.3, -0.25) is 24.2 Å². The lowest BCUT2D eigenvalue weighted by Gasteiger charge is -2.32. The highest BCUT2D eigenvalue weighted by Gasteiger charge is 2.66. The maximum Gasteiger partial charge on any atom is 0.264 e. The molecule has 0 aliphatic carbocycles. The number of aliphatic hydroxyl groups is 1. The van der Waals surface area contributed by atoms with Crippen LogP contribution in [0.25, 0.3) is 0 Å². The van der Waals surface area contributed by atoms with Gasteiger partial charge in [0.25, 0.3) is 5.91 Å². The monoisotopic (exact) mass is 703 g/mol. The van der Waals surface area contributed by atoms with E-state index in [1.807, 2.05) is 91.9 Å². The van der Waals surface area contributed by atoms with Gasteiger partial charge in [0.15, 0.2) is 5.60 Å². The Morgan fingerprint density at radius 1 is 0.784 bits per heavy atom. The maximum atomic E-state index is 16.2. The number of amides is 3. The van der Waals surface area contributed by atoms with Crippen LogP contribution in [0, 0.1) is 5.92 Å². The molecule has 4 aliphatic rings. The highest BCUT2D eigenvalue weighted by atomic mass is 28.4. The third-order valence-electron chi connectivity index (χ3n) is 11.3. The van der Waals surface area contributed by atoms with E-state index in [0.717, 1.165) is 33.8 Å². The average molecular weight is 704 g/mol. The van der Waals surface area contributed by atoms with Gasteiger partial charge in [0.1, 0.15) is 0 Å². The standard InChI is InChI=1S/C41H42FN3O5Si/c1-26-39(51(2,3)42)36(22-23-46)50-41(26)32-24-31(45-34-11-7-5-9-29(34)15-21-38(45)48)18-19-35(32)43(40(41)49)25-27-12-16-30(17-13-27)44-33-10-6-4-8-28(33)14-20-37(44)47/h4-13,16-19,24,26,36,39,46H,14-15,20-23,25H2,1-3H3/t26-,36+,39-,41+/m0/s1. The number of benzene rings is 4. The summed E-state index contributed by atoms with van der Waals surface area (Å²) in [6.45, 7) is 5.23. The van der Waals surface area contributed by atoms with Crippen LogP contribution >= 0.6 is 0 Å². The van der Waals surface area contributed by atoms with Crippen LogP contribution in [0.15, 0.2) is 91.0 Å². The first-order valence-electron chi connectivity index (χ1n) is 17.9. The number of aryl methyl sites for hydroxylation is 2. The number of hydrogen-bond acceptors (Lipinski definition) is 5. The Kier molecular flexibility index (Phi) is 8.24. The van der Waals surface area contributed by atoms with E-state index >= 15 is 4.11 Å². The molecule has 0 saturated carbocycles. The minimum absolute atomic E-state index is 0.0347. The molecule has 8 rings (SSSR count). The molecule has 1 spiro atoms. The minimum Gasteiger partial charge on any atom is -0.396 e. The molecule has 4 atom stereocenters. The summed E-state index contributed by atoms with van der Waals surface area (Å²) in [6, 6.07) is 29.1. The number of nitrogens with zero attached hydrogens (tertiary/aromatic N) is 3. The van der Waals surface area contributed by atoms with Crippen LogP contribution in [0.5, 0.6) is 0 Å². The van der Waals surface area contributed by atoms with E-state index in [1.54, 1.807) is 27.8 Å². The lowest BCUT2D eigenvalue weighted by atomic mass is 9.82. The van der Waals surface area contributed by atoms with Gasteiger partial charge in [0.2, 0.25) is 20.2 Å². The second kappa shape index (κ2) is 12.5. The van der Waals surface area contributed by atoms with Crippen molar-refractivity contribution < 1.29 is 28.3 Å². The fraction of sp³-hybridized carbons (Fsp3) is 0.341. The molecule has 8 nitrogen and oxygen atoms in total. The molecule has 4 heterocycles. The first-order valence-corrected chi connectivity index (χ1v) is 20.8. The molecular weight excluding hydrogens is 662 g/mol. The van der Waals surface area contributed by atoms with E-state index in [2.05, 4.69) is 6.07 Å². The summed E-state index contributed by atoms with van der Waals surface area (Å²) in [5.41, 5.74) is 5.38. The minimum atomic E-state index is -3.39. The topological polar surface area (TPSA) is 90.4 Å². The third-order valence-corrected chi connectivity index (χ3v) is 13.8. The average Bonchev–Trinajstić information content (AvgIpc) is 3.54. The molecule has 0 unspecified atom stereocenters. The number of rotatable bonds is 7. The van der Waals surface area contributed by atoms with Crippen molar-refractivity contribution >= 4 is 54.6 Å². The Hall–Kier alpha value is -4.64. The highest BCUT2D eigenvalue weighted by molar-refractivity contribution is 6.72. The van der Waals surface area contributed by atoms with E-state index < -0.39 is 31.6 Å². The smallest absolute Gasteiger partial charge is 0.264 e. The predicted octanol–water partition coefficient (Wildman–Crippen LogP) is 7.61. The number of ether oxygens (including phenoxy) is 1. The van der Waals surface area contributed by atoms with Gasteiger partial charge in [-0.2, -0.15) is 0 Å². The van der Waals surface area contributed by atoms with Gasteiger partial charge in [-0.1, -0.05) is 55.5 Å². The van der Waals surface area contributed by atoms with Crippen molar-refractivity contribution in [1.29, 1.82) is 0 Å². The quantitative estimate of drug-likeness (QED) is 0.158. The summed E-state index contributed by atoms with van der Waals surface area (Å²) in [7, 11) is -3.39. The van der Waals surface area contributed by atoms with Crippen molar-refractivity contribution in [2.75, 3.05) is 21.3 Å². The van der Waals surface area contributed by atoms with Crippen LogP contribution < -0.4 is 14.7 Å². The van der Waals surface area contributed by atoms with Crippen molar-refractivity contribution in [2.24, 2.45) is 5.92 Å². The first kappa shape index (κ1) is 33.5.